The summed E-state index contributed by atoms with van der Waals surface area (Å²) in [6.45, 7) is 3.95. The lowest BCUT2D eigenvalue weighted by Crippen LogP contribution is -2.39. The number of carbonyl (C=O) groups excluding carboxylic acids is 1. The molecule has 2 heterocycles. The van der Waals surface area contributed by atoms with Gasteiger partial charge in [0.05, 0.1) is 0 Å². The summed E-state index contributed by atoms with van der Waals surface area (Å²) in [6.07, 6.45) is 8.54. The fraction of sp³-hybridized carbons (Fsp3) is 0.273. The summed E-state index contributed by atoms with van der Waals surface area (Å²) in [5.41, 5.74) is 0.720. The van der Waals surface area contributed by atoms with Gasteiger partial charge in [-0.25, -0.2) is 14.6 Å². The van der Waals surface area contributed by atoms with Crippen LogP contribution in [0.2, 0.25) is 0 Å². The lowest BCUT2D eigenvalue weighted by Gasteiger charge is -2.06. The van der Waals surface area contributed by atoms with Gasteiger partial charge < -0.3 is 14.5 Å². The largest absolute Gasteiger partial charge is 0.482 e. The van der Waals surface area contributed by atoms with Crippen molar-refractivity contribution in [1.82, 2.24) is 19.1 Å². The molecular formula is C22H22N4O5. The van der Waals surface area contributed by atoms with Crippen LogP contribution in [0, 0.1) is 12.3 Å². The highest BCUT2D eigenvalue weighted by atomic mass is 16.6. The minimum absolute atomic E-state index is 0.0889. The Morgan fingerprint density at radius 3 is 2.52 bits per heavy atom. The molecule has 0 aliphatic heterocycles. The van der Waals surface area contributed by atoms with Gasteiger partial charge in [0, 0.05) is 13.1 Å². The van der Waals surface area contributed by atoms with Crippen molar-refractivity contribution >= 4 is 29.3 Å². The number of H-pyrrole nitrogens is 1. The average molecular weight is 422 g/mol. The molecule has 0 aliphatic carbocycles. The topological polar surface area (TPSA) is 108 Å². The Bertz CT molecular complexity index is 1270. The highest BCUT2D eigenvalue weighted by Crippen LogP contribution is 2.15. The molecule has 3 rings (SSSR count). The van der Waals surface area contributed by atoms with Gasteiger partial charge in [-0.2, -0.15) is 0 Å². The Labute approximate surface area is 177 Å². The molecule has 0 fully saturated rings. The first kappa shape index (κ1) is 21.6. The first-order valence-electron chi connectivity index (χ1n) is 9.71. The highest BCUT2D eigenvalue weighted by Gasteiger charge is 2.14. The molecule has 2 aromatic heterocycles. The van der Waals surface area contributed by atoms with Gasteiger partial charge in [-0.3, -0.25) is 13.9 Å². The second-order valence-corrected chi connectivity index (χ2v) is 6.45. The number of terminal acetylenes is 1. The van der Waals surface area contributed by atoms with E-state index in [2.05, 4.69) is 15.9 Å². The predicted molar refractivity (Wildman–Crippen MR) is 117 cm³/mol. The maximum absolute atomic E-state index is 12.5. The maximum atomic E-state index is 12.5. The van der Waals surface area contributed by atoms with Gasteiger partial charge in [-0.1, -0.05) is 24.1 Å². The standard InChI is InChI=1S/C22H22N4O5/c1-4-13-30-18(27)14-31-16-10-7-15(8-11-16)9-12-17-23-19-20(24-17)25(5-2)22(29)26(6-3)21(19)28/h1,7-12H,5-6,13-14H2,2-3H3,(H,23,24)/b12-9+. The third-order valence-corrected chi connectivity index (χ3v) is 4.50. The number of nitrogens with zero attached hydrogens (tertiary/aromatic N) is 3. The second-order valence-electron chi connectivity index (χ2n) is 6.45. The van der Waals surface area contributed by atoms with Crippen LogP contribution in [0.3, 0.4) is 0 Å². The molecule has 0 bridgehead atoms. The molecule has 1 N–H and O–H groups in total. The molecule has 1 aromatic carbocycles. The van der Waals surface area contributed by atoms with Crippen LogP contribution < -0.4 is 16.0 Å². The van der Waals surface area contributed by atoms with Gasteiger partial charge in [0.1, 0.15) is 17.1 Å². The Kier molecular flexibility index (Phi) is 6.72. The van der Waals surface area contributed by atoms with Crippen LogP contribution in [0.1, 0.15) is 25.2 Å². The first-order valence-corrected chi connectivity index (χ1v) is 9.71. The quantitative estimate of drug-likeness (QED) is 0.437. The van der Waals surface area contributed by atoms with Gasteiger partial charge in [0.15, 0.2) is 18.9 Å². The number of nitrogens with one attached hydrogen (secondary N) is 1. The Morgan fingerprint density at radius 2 is 1.87 bits per heavy atom. The third kappa shape index (κ3) is 4.75. The maximum Gasteiger partial charge on any atom is 0.345 e. The number of imidazole rings is 1. The van der Waals surface area contributed by atoms with E-state index in [1.807, 2.05) is 6.92 Å². The van der Waals surface area contributed by atoms with E-state index in [1.165, 1.54) is 9.13 Å². The van der Waals surface area contributed by atoms with Crippen LogP contribution in [-0.4, -0.2) is 38.3 Å². The van der Waals surface area contributed by atoms with Crippen molar-refractivity contribution in [2.45, 2.75) is 26.9 Å². The SMILES string of the molecule is C#CCOC(=O)COc1ccc(/C=C/c2nc3c([nH]2)c(=O)n(CC)c(=O)n3CC)cc1. The van der Waals surface area contributed by atoms with Crippen LogP contribution in [0.15, 0.2) is 33.9 Å². The van der Waals surface area contributed by atoms with Crippen LogP contribution in [0.25, 0.3) is 23.3 Å². The molecule has 0 aliphatic rings. The zero-order chi connectivity index (χ0) is 22.4. The summed E-state index contributed by atoms with van der Waals surface area (Å²) in [5, 5.41) is 0. The van der Waals surface area contributed by atoms with Crippen LogP contribution in [-0.2, 0) is 22.6 Å². The normalized spacial score (nSPS) is 11.0. The predicted octanol–water partition coefficient (Wildman–Crippen LogP) is 1.65. The molecule has 3 aromatic rings. The number of esters is 1. The molecule has 0 radical (unpaired) electrons. The van der Waals surface area contributed by atoms with Crippen LogP contribution in [0.5, 0.6) is 5.75 Å². The average Bonchev–Trinajstić information content (AvgIpc) is 3.20. The Hall–Kier alpha value is -4.06. The summed E-state index contributed by atoms with van der Waals surface area (Å²) in [7, 11) is 0. The Morgan fingerprint density at radius 1 is 1.16 bits per heavy atom. The van der Waals surface area contributed by atoms with Gasteiger partial charge in [0.25, 0.3) is 5.56 Å². The molecule has 0 unspecified atom stereocenters. The lowest BCUT2D eigenvalue weighted by atomic mass is 10.2. The molecule has 0 amide bonds. The van der Waals surface area contributed by atoms with E-state index >= 15 is 0 Å². The summed E-state index contributed by atoms with van der Waals surface area (Å²) < 4.78 is 12.7. The van der Waals surface area contributed by atoms with Gasteiger partial charge >= 0.3 is 11.7 Å². The zero-order valence-electron chi connectivity index (χ0n) is 17.3. The van der Waals surface area contributed by atoms with E-state index < -0.39 is 5.97 Å². The van der Waals surface area contributed by atoms with Gasteiger partial charge in [-0.15, -0.1) is 6.42 Å². The highest BCUT2D eigenvalue weighted by molar-refractivity contribution is 5.75. The van der Waals surface area contributed by atoms with Crippen LogP contribution >= 0.6 is 0 Å². The molecule has 0 saturated heterocycles. The summed E-state index contributed by atoms with van der Waals surface area (Å²) in [6, 6.07) is 7.02. The molecule has 31 heavy (non-hydrogen) atoms. The zero-order valence-corrected chi connectivity index (χ0v) is 17.3. The van der Waals surface area contributed by atoms with Crippen molar-refractivity contribution in [3.8, 4) is 18.1 Å². The number of hydrogen-bond donors (Lipinski definition) is 1. The summed E-state index contributed by atoms with van der Waals surface area (Å²) >= 11 is 0. The fourth-order valence-corrected chi connectivity index (χ4v) is 2.98. The van der Waals surface area contributed by atoms with Crippen molar-refractivity contribution in [1.29, 1.82) is 0 Å². The molecule has 0 atom stereocenters. The smallest absolute Gasteiger partial charge is 0.345 e. The summed E-state index contributed by atoms with van der Waals surface area (Å²) in [4.78, 5) is 43.8. The second kappa shape index (κ2) is 9.63. The third-order valence-electron chi connectivity index (χ3n) is 4.50. The van der Waals surface area contributed by atoms with Crippen molar-refractivity contribution in [2.24, 2.45) is 0 Å². The van der Waals surface area contributed by atoms with Gasteiger partial charge in [-0.05, 0) is 37.6 Å². The fourth-order valence-electron chi connectivity index (χ4n) is 2.98. The van der Waals surface area contributed by atoms with Crippen molar-refractivity contribution in [3.05, 3.63) is 56.5 Å². The minimum Gasteiger partial charge on any atom is -0.482 e. The van der Waals surface area contributed by atoms with E-state index in [0.717, 1.165) is 5.56 Å². The lowest BCUT2D eigenvalue weighted by molar-refractivity contribution is -0.144. The van der Waals surface area contributed by atoms with Gasteiger partial charge in [0.2, 0.25) is 0 Å². The number of fused-ring (bicyclic) bond motifs is 1. The number of hydrogen-bond acceptors (Lipinski definition) is 6. The molecule has 9 heteroatoms. The van der Waals surface area contributed by atoms with Crippen molar-refractivity contribution < 1.29 is 14.3 Å². The number of carbonyl (C=O) groups is 1. The van der Waals surface area contributed by atoms with E-state index in [-0.39, 0.29) is 31.0 Å². The first-order chi connectivity index (χ1) is 15.0. The van der Waals surface area contributed by atoms with E-state index in [9.17, 15) is 14.4 Å². The number of aromatic nitrogens is 4. The van der Waals surface area contributed by atoms with E-state index in [1.54, 1.807) is 43.3 Å². The van der Waals surface area contributed by atoms with Crippen molar-refractivity contribution in [3.63, 3.8) is 0 Å². The molecule has 0 spiro atoms. The summed E-state index contributed by atoms with van der Waals surface area (Å²) in [5.74, 6) is 2.63. The number of aromatic amines is 1. The van der Waals surface area contributed by atoms with E-state index in [0.29, 0.717) is 29.3 Å². The molecule has 0 saturated carbocycles. The minimum atomic E-state index is -0.542. The molecule has 160 valence electrons. The molecule has 9 nitrogen and oxygen atoms in total. The van der Waals surface area contributed by atoms with E-state index in [4.69, 9.17) is 15.9 Å². The number of aryl methyl sites for hydroxylation is 1. The van der Waals surface area contributed by atoms with Crippen molar-refractivity contribution in [2.75, 3.05) is 13.2 Å². The number of rotatable bonds is 8. The Balaban J connectivity index is 1.77. The monoisotopic (exact) mass is 422 g/mol. The molecular weight excluding hydrogens is 400 g/mol. The van der Waals surface area contributed by atoms with Crippen LogP contribution in [0.4, 0.5) is 0 Å². The number of benzene rings is 1. The number of ether oxygens (including phenoxy) is 2.